The van der Waals surface area contributed by atoms with Gasteiger partial charge in [-0.25, -0.2) is 4.99 Å². The summed E-state index contributed by atoms with van der Waals surface area (Å²) in [4.78, 5) is 4.57. The number of ether oxygens (including phenoxy) is 1. The van der Waals surface area contributed by atoms with Crippen molar-refractivity contribution < 1.29 is 23.0 Å². The second kappa shape index (κ2) is 12.5. The molecular formula is C19H29F3IN3O2. The predicted molar refractivity (Wildman–Crippen MR) is 114 cm³/mol. The van der Waals surface area contributed by atoms with Crippen molar-refractivity contribution in [3.8, 4) is 0 Å². The maximum atomic E-state index is 12.2. The number of halogens is 4. The van der Waals surface area contributed by atoms with Crippen LogP contribution in [0.1, 0.15) is 43.7 Å². The van der Waals surface area contributed by atoms with Crippen LogP contribution in [0, 0.1) is 0 Å². The Morgan fingerprint density at radius 2 is 1.89 bits per heavy atom. The standard InChI is InChI=1S/C19H28F3N3O2.HI/c1-2-23-18(25-16-6-8-17(26)9-7-16)24-11-14-4-3-5-15(10-14)12-27-13-19(20,21)22;/h3-5,10,16-17,26H,2,6-9,11-13H2,1H3,(H2,23,24,25);1H. The van der Waals surface area contributed by atoms with Gasteiger partial charge in [-0.2, -0.15) is 13.2 Å². The number of rotatable bonds is 7. The molecule has 160 valence electrons. The summed E-state index contributed by atoms with van der Waals surface area (Å²) in [5.41, 5.74) is 1.59. The second-order valence-corrected chi connectivity index (χ2v) is 6.77. The van der Waals surface area contributed by atoms with Gasteiger partial charge in [0, 0.05) is 12.6 Å². The van der Waals surface area contributed by atoms with Gasteiger partial charge >= 0.3 is 6.18 Å². The highest BCUT2D eigenvalue weighted by Gasteiger charge is 2.27. The summed E-state index contributed by atoms with van der Waals surface area (Å²) in [6.45, 7) is 1.80. The summed E-state index contributed by atoms with van der Waals surface area (Å²) < 4.78 is 41.2. The lowest BCUT2D eigenvalue weighted by Crippen LogP contribution is -2.45. The number of hydrogen-bond acceptors (Lipinski definition) is 3. The normalized spacial score (nSPS) is 20.4. The zero-order valence-electron chi connectivity index (χ0n) is 16.0. The summed E-state index contributed by atoms with van der Waals surface area (Å²) in [6, 6.07) is 7.51. The molecule has 0 heterocycles. The highest BCUT2D eigenvalue weighted by Crippen LogP contribution is 2.18. The van der Waals surface area contributed by atoms with E-state index in [0.717, 1.165) is 37.8 Å². The van der Waals surface area contributed by atoms with Gasteiger partial charge in [-0.05, 0) is 43.7 Å². The Bertz CT molecular complexity index is 606. The fraction of sp³-hybridized carbons (Fsp3) is 0.632. The zero-order valence-corrected chi connectivity index (χ0v) is 18.3. The molecule has 28 heavy (non-hydrogen) atoms. The van der Waals surface area contributed by atoms with E-state index >= 15 is 0 Å². The Labute approximate surface area is 181 Å². The minimum Gasteiger partial charge on any atom is -0.393 e. The molecule has 0 amide bonds. The molecule has 0 atom stereocenters. The average Bonchev–Trinajstić information content (AvgIpc) is 2.61. The molecule has 0 bridgehead atoms. The van der Waals surface area contributed by atoms with Gasteiger partial charge in [0.05, 0.1) is 19.3 Å². The first-order valence-electron chi connectivity index (χ1n) is 9.31. The van der Waals surface area contributed by atoms with Crippen molar-refractivity contribution in [3.63, 3.8) is 0 Å². The molecule has 1 saturated carbocycles. The molecule has 3 N–H and O–H groups in total. The first kappa shape index (κ1) is 25.0. The number of hydrogen-bond donors (Lipinski definition) is 3. The molecule has 0 spiro atoms. The average molecular weight is 515 g/mol. The maximum absolute atomic E-state index is 12.2. The van der Waals surface area contributed by atoms with Crippen molar-refractivity contribution >= 4 is 29.9 Å². The number of aliphatic hydroxyl groups excluding tert-OH is 1. The van der Waals surface area contributed by atoms with Gasteiger partial charge in [-0.15, -0.1) is 24.0 Å². The fourth-order valence-corrected chi connectivity index (χ4v) is 3.01. The molecule has 0 radical (unpaired) electrons. The van der Waals surface area contributed by atoms with Crippen LogP contribution in [0.15, 0.2) is 29.3 Å². The van der Waals surface area contributed by atoms with Crippen molar-refractivity contribution in [3.05, 3.63) is 35.4 Å². The van der Waals surface area contributed by atoms with E-state index < -0.39 is 12.8 Å². The lowest BCUT2D eigenvalue weighted by atomic mass is 9.93. The maximum Gasteiger partial charge on any atom is 0.411 e. The summed E-state index contributed by atoms with van der Waals surface area (Å²) in [7, 11) is 0. The van der Waals surface area contributed by atoms with Crippen LogP contribution in [-0.4, -0.2) is 42.5 Å². The largest absolute Gasteiger partial charge is 0.411 e. The predicted octanol–water partition coefficient (Wildman–Crippen LogP) is 3.74. The molecule has 0 aromatic heterocycles. The topological polar surface area (TPSA) is 65.9 Å². The molecule has 0 saturated heterocycles. The molecule has 1 aliphatic carbocycles. The van der Waals surface area contributed by atoms with Crippen LogP contribution in [0.5, 0.6) is 0 Å². The smallest absolute Gasteiger partial charge is 0.393 e. The second-order valence-electron chi connectivity index (χ2n) is 6.77. The van der Waals surface area contributed by atoms with E-state index in [2.05, 4.69) is 15.6 Å². The van der Waals surface area contributed by atoms with Crippen molar-refractivity contribution in [1.29, 1.82) is 0 Å². The zero-order chi connectivity index (χ0) is 19.7. The van der Waals surface area contributed by atoms with Crippen molar-refractivity contribution in [2.24, 2.45) is 4.99 Å². The third kappa shape index (κ3) is 9.92. The van der Waals surface area contributed by atoms with Crippen molar-refractivity contribution in [1.82, 2.24) is 10.6 Å². The Hall–Kier alpha value is -1.07. The summed E-state index contributed by atoms with van der Waals surface area (Å²) in [5.74, 6) is 0.706. The van der Waals surface area contributed by atoms with E-state index in [9.17, 15) is 18.3 Å². The number of aliphatic imine (C=N–C) groups is 1. The lowest BCUT2D eigenvalue weighted by molar-refractivity contribution is -0.176. The van der Waals surface area contributed by atoms with Crippen LogP contribution >= 0.6 is 24.0 Å². The van der Waals surface area contributed by atoms with E-state index in [1.165, 1.54) is 0 Å². The number of nitrogens with zero attached hydrogens (tertiary/aromatic N) is 1. The summed E-state index contributed by atoms with van der Waals surface area (Å²) in [5, 5.41) is 16.2. The Balaban J connectivity index is 0.00000392. The third-order valence-corrected chi connectivity index (χ3v) is 4.33. The first-order valence-corrected chi connectivity index (χ1v) is 9.31. The minimum absolute atomic E-state index is 0. The monoisotopic (exact) mass is 515 g/mol. The van der Waals surface area contributed by atoms with E-state index in [4.69, 9.17) is 4.74 Å². The lowest BCUT2D eigenvalue weighted by Gasteiger charge is -2.27. The number of alkyl halides is 3. The number of guanidine groups is 1. The summed E-state index contributed by atoms with van der Waals surface area (Å²) >= 11 is 0. The highest BCUT2D eigenvalue weighted by molar-refractivity contribution is 14.0. The van der Waals surface area contributed by atoms with Gasteiger partial charge < -0.3 is 20.5 Å². The minimum atomic E-state index is -4.32. The molecule has 1 aliphatic rings. The Kier molecular flexibility index (Phi) is 11.1. The van der Waals surface area contributed by atoms with Crippen LogP contribution in [0.2, 0.25) is 0 Å². The van der Waals surface area contributed by atoms with E-state index in [0.29, 0.717) is 18.1 Å². The molecule has 1 aromatic carbocycles. The molecular weight excluding hydrogens is 486 g/mol. The van der Waals surface area contributed by atoms with Gasteiger partial charge in [-0.1, -0.05) is 24.3 Å². The van der Waals surface area contributed by atoms with Crippen LogP contribution in [0.25, 0.3) is 0 Å². The Morgan fingerprint density at radius 3 is 2.54 bits per heavy atom. The molecule has 2 rings (SSSR count). The number of benzene rings is 1. The van der Waals surface area contributed by atoms with Gasteiger partial charge in [0.2, 0.25) is 0 Å². The van der Waals surface area contributed by atoms with E-state index in [1.807, 2.05) is 13.0 Å². The van der Waals surface area contributed by atoms with Crippen LogP contribution in [-0.2, 0) is 17.9 Å². The fourth-order valence-electron chi connectivity index (χ4n) is 3.01. The molecule has 1 fully saturated rings. The molecule has 1 aromatic rings. The van der Waals surface area contributed by atoms with Crippen LogP contribution < -0.4 is 10.6 Å². The number of nitrogens with one attached hydrogen (secondary N) is 2. The number of aliphatic hydroxyl groups is 1. The highest BCUT2D eigenvalue weighted by atomic mass is 127. The molecule has 0 unspecified atom stereocenters. The van der Waals surface area contributed by atoms with Crippen molar-refractivity contribution in [2.75, 3.05) is 13.2 Å². The van der Waals surface area contributed by atoms with Gasteiger partial charge in [-0.3, -0.25) is 0 Å². The van der Waals surface area contributed by atoms with E-state index in [-0.39, 0.29) is 42.7 Å². The van der Waals surface area contributed by atoms with E-state index in [1.54, 1.807) is 18.2 Å². The van der Waals surface area contributed by atoms with Crippen molar-refractivity contribution in [2.45, 2.75) is 64.1 Å². The van der Waals surface area contributed by atoms with Crippen LogP contribution in [0.4, 0.5) is 13.2 Å². The third-order valence-electron chi connectivity index (χ3n) is 4.33. The molecule has 0 aliphatic heterocycles. The molecule has 5 nitrogen and oxygen atoms in total. The van der Waals surface area contributed by atoms with Crippen LogP contribution in [0.3, 0.4) is 0 Å². The quantitative estimate of drug-likeness (QED) is 0.294. The van der Waals surface area contributed by atoms with Gasteiger partial charge in [0.1, 0.15) is 6.61 Å². The summed E-state index contributed by atoms with van der Waals surface area (Å²) in [6.07, 6.45) is -1.14. The Morgan fingerprint density at radius 1 is 1.21 bits per heavy atom. The SMILES string of the molecule is CCNC(=NCc1cccc(COCC(F)(F)F)c1)NC1CCC(O)CC1.I. The van der Waals surface area contributed by atoms with Gasteiger partial charge in [0.25, 0.3) is 0 Å². The first-order chi connectivity index (χ1) is 12.9. The van der Waals surface area contributed by atoms with Gasteiger partial charge in [0.15, 0.2) is 5.96 Å². The molecule has 9 heteroatoms.